The number of hydrogen-bond acceptors (Lipinski definition) is 5. The molecule has 0 unspecified atom stereocenters. The van der Waals surface area contributed by atoms with Crippen LogP contribution in [0.3, 0.4) is 0 Å². The number of aromatic nitrogens is 2. The third kappa shape index (κ3) is 6.02. The SMILES string of the molecule is CCCNc1nc(-c2ccc(NC(=O)NCc3cccnc3)cc2)ccc1C(=O)NC. The van der Waals surface area contributed by atoms with E-state index < -0.39 is 0 Å². The van der Waals surface area contributed by atoms with E-state index in [1.807, 2.05) is 42.5 Å². The summed E-state index contributed by atoms with van der Waals surface area (Å²) in [6, 6.07) is 14.4. The van der Waals surface area contributed by atoms with Gasteiger partial charge in [0.1, 0.15) is 5.82 Å². The second kappa shape index (κ2) is 10.7. The van der Waals surface area contributed by atoms with Crippen LogP contribution in [0.25, 0.3) is 11.3 Å². The lowest BCUT2D eigenvalue weighted by Crippen LogP contribution is -2.28. The number of pyridine rings is 2. The monoisotopic (exact) mass is 418 g/mol. The highest BCUT2D eigenvalue weighted by molar-refractivity contribution is 5.99. The molecule has 0 spiro atoms. The maximum atomic E-state index is 12.1. The first kappa shape index (κ1) is 21.8. The summed E-state index contributed by atoms with van der Waals surface area (Å²) in [5, 5.41) is 11.4. The molecule has 3 amide bonds. The van der Waals surface area contributed by atoms with Crippen LogP contribution in [0.4, 0.5) is 16.3 Å². The number of hydrogen-bond donors (Lipinski definition) is 4. The molecule has 0 aliphatic rings. The van der Waals surface area contributed by atoms with Gasteiger partial charge in [-0.3, -0.25) is 9.78 Å². The quantitative estimate of drug-likeness (QED) is 0.447. The zero-order chi connectivity index (χ0) is 22.1. The van der Waals surface area contributed by atoms with Crippen molar-refractivity contribution in [2.45, 2.75) is 19.9 Å². The lowest BCUT2D eigenvalue weighted by Gasteiger charge is -2.12. The summed E-state index contributed by atoms with van der Waals surface area (Å²) in [6.07, 6.45) is 4.32. The molecule has 3 aromatic rings. The van der Waals surface area contributed by atoms with Crippen molar-refractivity contribution in [3.8, 4) is 11.3 Å². The van der Waals surface area contributed by atoms with Crippen LogP contribution >= 0.6 is 0 Å². The molecule has 0 bridgehead atoms. The lowest BCUT2D eigenvalue weighted by atomic mass is 10.1. The van der Waals surface area contributed by atoms with Gasteiger partial charge in [-0.25, -0.2) is 9.78 Å². The third-order valence-electron chi connectivity index (χ3n) is 4.52. The highest BCUT2D eigenvalue weighted by Gasteiger charge is 2.13. The van der Waals surface area contributed by atoms with Crippen molar-refractivity contribution >= 4 is 23.4 Å². The minimum Gasteiger partial charge on any atom is -0.369 e. The Kier molecular flexibility index (Phi) is 7.53. The third-order valence-corrected chi connectivity index (χ3v) is 4.52. The fraction of sp³-hybridized carbons (Fsp3) is 0.217. The molecular formula is C23H26N6O2. The molecule has 2 heterocycles. The average molecular weight is 419 g/mol. The summed E-state index contributed by atoms with van der Waals surface area (Å²) in [4.78, 5) is 32.9. The van der Waals surface area contributed by atoms with E-state index in [0.717, 1.165) is 29.8 Å². The van der Waals surface area contributed by atoms with E-state index in [0.29, 0.717) is 23.6 Å². The first-order valence-electron chi connectivity index (χ1n) is 10.1. The molecule has 0 atom stereocenters. The maximum absolute atomic E-state index is 12.1. The van der Waals surface area contributed by atoms with Crippen LogP contribution in [0.1, 0.15) is 29.3 Å². The molecule has 31 heavy (non-hydrogen) atoms. The number of urea groups is 1. The zero-order valence-electron chi connectivity index (χ0n) is 17.6. The van der Waals surface area contributed by atoms with Gasteiger partial charge in [-0.1, -0.05) is 25.1 Å². The van der Waals surface area contributed by atoms with E-state index in [1.54, 1.807) is 25.5 Å². The van der Waals surface area contributed by atoms with Crippen LogP contribution in [0.2, 0.25) is 0 Å². The first-order valence-corrected chi connectivity index (χ1v) is 10.1. The van der Waals surface area contributed by atoms with E-state index in [4.69, 9.17) is 0 Å². The largest absolute Gasteiger partial charge is 0.369 e. The van der Waals surface area contributed by atoms with Gasteiger partial charge in [0.05, 0.1) is 11.3 Å². The van der Waals surface area contributed by atoms with E-state index >= 15 is 0 Å². The van der Waals surface area contributed by atoms with Crippen molar-refractivity contribution < 1.29 is 9.59 Å². The number of rotatable bonds is 8. The average Bonchev–Trinajstić information content (AvgIpc) is 2.82. The zero-order valence-corrected chi connectivity index (χ0v) is 17.6. The van der Waals surface area contributed by atoms with Crippen LogP contribution in [0.15, 0.2) is 60.9 Å². The van der Waals surface area contributed by atoms with Crippen molar-refractivity contribution in [2.75, 3.05) is 24.2 Å². The Morgan fingerprint density at radius 3 is 2.52 bits per heavy atom. The van der Waals surface area contributed by atoms with Crippen molar-refractivity contribution in [1.29, 1.82) is 0 Å². The van der Waals surface area contributed by atoms with Gasteiger partial charge in [0, 0.05) is 43.8 Å². The number of benzene rings is 1. The van der Waals surface area contributed by atoms with Gasteiger partial charge in [-0.2, -0.15) is 0 Å². The number of amides is 3. The normalized spacial score (nSPS) is 10.3. The number of anilines is 2. The van der Waals surface area contributed by atoms with Gasteiger partial charge < -0.3 is 21.3 Å². The van der Waals surface area contributed by atoms with Crippen LogP contribution in [-0.2, 0) is 6.54 Å². The summed E-state index contributed by atoms with van der Waals surface area (Å²) in [5.74, 6) is 0.366. The van der Waals surface area contributed by atoms with Crippen LogP contribution in [-0.4, -0.2) is 35.5 Å². The molecule has 0 saturated carbocycles. The molecule has 3 rings (SSSR count). The number of carbonyl (C=O) groups is 2. The Balaban J connectivity index is 1.67. The smallest absolute Gasteiger partial charge is 0.319 e. The highest BCUT2D eigenvalue weighted by Crippen LogP contribution is 2.23. The van der Waals surface area contributed by atoms with Gasteiger partial charge >= 0.3 is 6.03 Å². The van der Waals surface area contributed by atoms with Crippen LogP contribution in [0.5, 0.6) is 0 Å². The summed E-state index contributed by atoms with van der Waals surface area (Å²) in [6.45, 7) is 3.17. The Bertz CT molecular complexity index is 1020. The molecule has 4 N–H and O–H groups in total. The molecule has 0 aliphatic carbocycles. The molecule has 0 saturated heterocycles. The van der Waals surface area contributed by atoms with Crippen molar-refractivity contribution in [2.24, 2.45) is 0 Å². The summed E-state index contributed by atoms with van der Waals surface area (Å²) in [5.41, 5.74) is 3.71. The van der Waals surface area contributed by atoms with E-state index in [-0.39, 0.29) is 11.9 Å². The molecule has 2 aromatic heterocycles. The van der Waals surface area contributed by atoms with Gasteiger partial charge in [0.2, 0.25) is 0 Å². The Morgan fingerprint density at radius 2 is 1.84 bits per heavy atom. The molecule has 0 fully saturated rings. The minimum absolute atomic E-state index is 0.186. The van der Waals surface area contributed by atoms with Gasteiger partial charge in [-0.15, -0.1) is 0 Å². The molecule has 160 valence electrons. The molecular weight excluding hydrogens is 392 g/mol. The maximum Gasteiger partial charge on any atom is 0.319 e. The molecule has 8 heteroatoms. The standard InChI is InChI=1S/C23H26N6O2/c1-3-12-26-21-19(22(30)24-2)10-11-20(29-21)17-6-8-18(9-7-17)28-23(31)27-15-16-5-4-13-25-14-16/h4-11,13-14H,3,12,15H2,1-2H3,(H,24,30)(H,26,29)(H2,27,28,31). The minimum atomic E-state index is -0.296. The lowest BCUT2D eigenvalue weighted by molar-refractivity contribution is 0.0963. The number of carbonyl (C=O) groups excluding carboxylic acids is 2. The van der Waals surface area contributed by atoms with Crippen molar-refractivity contribution in [1.82, 2.24) is 20.6 Å². The number of nitrogens with one attached hydrogen (secondary N) is 4. The van der Waals surface area contributed by atoms with Crippen LogP contribution < -0.4 is 21.3 Å². The van der Waals surface area contributed by atoms with Gasteiger partial charge in [0.15, 0.2) is 0 Å². The Hall–Kier alpha value is -3.94. The molecule has 0 aliphatic heterocycles. The fourth-order valence-electron chi connectivity index (χ4n) is 2.90. The summed E-state index contributed by atoms with van der Waals surface area (Å²) in [7, 11) is 1.60. The van der Waals surface area contributed by atoms with E-state index in [9.17, 15) is 9.59 Å². The molecule has 8 nitrogen and oxygen atoms in total. The fourth-order valence-corrected chi connectivity index (χ4v) is 2.90. The van der Waals surface area contributed by atoms with Crippen LogP contribution in [0, 0.1) is 0 Å². The van der Waals surface area contributed by atoms with E-state index in [1.165, 1.54) is 0 Å². The van der Waals surface area contributed by atoms with Gasteiger partial charge in [-0.05, 0) is 42.3 Å². The first-order chi connectivity index (χ1) is 15.1. The van der Waals surface area contributed by atoms with Gasteiger partial charge in [0.25, 0.3) is 5.91 Å². The molecule has 1 aromatic carbocycles. The van der Waals surface area contributed by atoms with Crippen molar-refractivity contribution in [3.63, 3.8) is 0 Å². The summed E-state index contributed by atoms with van der Waals surface area (Å²) >= 11 is 0. The Labute approximate surface area is 181 Å². The number of nitrogens with zero attached hydrogens (tertiary/aromatic N) is 2. The summed E-state index contributed by atoms with van der Waals surface area (Å²) < 4.78 is 0. The predicted molar refractivity (Wildman–Crippen MR) is 122 cm³/mol. The predicted octanol–water partition coefficient (Wildman–Crippen LogP) is 3.65. The van der Waals surface area contributed by atoms with E-state index in [2.05, 4.69) is 38.2 Å². The van der Waals surface area contributed by atoms with Crippen molar-refractivity contribution in [3.05, 3.63) is 72.1 Å². The topological polar surface area (TPSA) is 108 Å². The highest BCUT2D eigenvalue weighted by atomic mass is 16.2. The second-order valence-electron chi connectivity index (χ2n) is 6.84. The second-order valence-corrected chi connectivity index (χ2v) is 6.84. The molecule has 0 radical (unpaired) electrons. The Morgan fingerprint density at radius 1 is 1.03 bits per heavy atom.